The first-order valence-corrected chi connectivity index (χ1v) is 10.3. The molecule has 2 aliphatic carbocycles. The Hall–Kier alpha value is -0.420. The molecular formula is C21H34O4. The van der Waals surface area contributed by atoms with E-state index in [0.29, 0.717) is 18.1 Å². The van der Waals surface area contributed by atoms with Crippen LogP contribution in [0.5, 0.6) is 0 Å². The van der Waals surface area contributed by atoms with Crippen LogP contribution in [0.1, 0.15) is 58.8 Å². The molecule has 2 heterocycles. The zero-order chi connectivity index (χ0) is 17.3. The van der Waals surface area contributed by atoms with Gasteiger partial charge in [-0.3, -0.25) is 0 Å². The van der Waals surface area contributed by atoms with Crippen molar-refractivity contribution < 1.29 is 18.9 Å². The lowest BCUT2D eigenvalue weighted by Crippen LogP contribution is -2.22. The average Bonchev–Trinajstić information content (AvgIpc) is 3.46. The van der Waals surface area contributed by atoms with E-state index in [1.54, 1.807) is 0 Å². The predicted octanol–water partition coefficient (Wildman–Crippen LogP) is 3.88. The SMILES string of the molecule is CC12C=CC(CCOCCCOCCC3CCC4(C)OC4C3)CC1O2. The van der Waals surface area contributed by atoms with E-state index in [2.05, 4.69) is 26.0 Å². The first-order chi connectivity index (χ1) is 12.1. The quantitative estimate of drug-likeness (QED) is 0.341. The zero-order valence-electron chi connectivity index (χ0n) is 15.9. The Labute approximate surface area is 152 Å². The molecule has 0 N–H and O–H groups in total. The molecule has 4 rings (SSSR count). The van der Waals surface area contributed by atoms with Gasteiger partial charge in [0.1, 0.15) is 5.60 Å². The summed E-state index contributed by atoms with van der Waals surface area (Å²) in [6, 6.07) is 0. The monoisotopic (exact) mass is 350 g/mol. The minimum atomic E-state index is 0.0671. The third kappa shape index (κ3) is 4.47. The number of hydrogen-bond donors (Lipinski definition) is 0. The van der Waals surface area contributed by atoms with Crippen molar-refractivity contribution in [2.75, 3.05) is 26.4 Å². The molecule has 0 amide bonds. The number of hydrogen-bond acceptors (Lipinski definition) is 4. The molecule has 142 valence electrons. The highest BCUT2D eigenvalue weighted by atomic mass is 16.6. The zero-order valence-corrected chi connectivity index (χ0v) is 15.9. The molecule has 2 aliphatic heterocycles. The van der Waals surface area contributed by atoms with Gasteiger partial charge in [0.15, 0.2) is 0 Å². The van der Waals surface area contributed by atoms with Crippen molar-refractivity contribution in [2.24, 2.45) is 11.8 Å². The second kappa shape index (κ2) is 7.30. The lowest BCUT2D eigenvalue weighted by atomic mass is 9.81. The predicted molar refractivity (Wildman–Crippen MR) is 96.6 cm³/mol. The van der Waals surface area contributed by atoms with Gasteiger partial charge >= 0.3 is 0 Å². The summed E-state index contributed by atoms with van der Waals surface area (Å²) in [6.45, 7) is 7.80. The normalized spacial score (nSPS) is 44.2. The van der Waals surface area contributed by atoms with Gasteiger partial charge in [-0.2, -0.15) is 0 Å². The molecule has 1 saturated carbocycles. The summed E-state index contributed by atoms with van der Waals surface area (Å²) in [5, 5.41) is 0. The standard InChI is InChI=1S/C21H34O4/c1-20-8-4-16(14-18(20)24-20)6-12-22-10-3-11-23-13-7-17-5-9-21(2)19(15-17)25-21/h4,8,16-19H,3,5-7,9-15H2,1-2H3. The fraction of sp³-hybridized carbons (Fsp3) is 0.905. The van der Waals surface area contributed by atoms with Gasteiger partial charge in [-0.15, -0.1) is 0 Å². The van der Waals surface area contributed by atoms with E-state index < -0.39 is 0 Å². The summed E-state index contributed by atoms with van der Waals surface area (Å²) in [5.41, 5.74) is 0.311. The van der Waals surface area contributed by atoms with Crippen LogP contribution in [0.3, 0.4) is 0 Å². The Balaban J connectivity index is 0.952. The van der Waals surface area contributed by atoms with Crippen LogP contribution in [-0.4, -0.2) is 49.8 Å². The fourth-order valence-electron chi connectivity index (χ4n) is 4.53. The number of allylic oxidation sites excluding steroid dienone is 1. The molecule has 0 aromatic rings. The van der Waals surface area contributed by atoms with Crippen molar-refractivity contribution in [3.8, 4) is 0 Å². The van der Waals surface area contributed by atoms with Crippen molar-refractivity contribution in [1.29, 1.82) is 0 Å². The maximum atomic E-state index is 5.79. The Morgan fingerprint density at radius 1 is 0.960 bits per heavy atom. The molecule has 25 heavy (non-hydrogen) atoms. The van der Waals surface area contributed by atoms with Crippen LogP contribution in [0.4, 0.5) is 0 Å². The molecule has 4 nitrogen and oxygen atoms in total. The van der Waals surface area contributed by atoms with Crippen LogP contribution in [0.2, 0.25) is 0 Å². The van der Waals surface area contributed by atoms with Crippen molar-refractivity contribution in [1.82, 2.24) is 0 Å². The molecule has 4 heteroatoms. The Bertz CT molecular complexity index is 492. The highest BCUT2D eigenvalue weighted by Crippen LogP contribution is 2.49. The number of epoxide rings is 2. The van der Waals surface area contributed by atoms with Gasteiger partial charge in [0.25, 0.3) is 0 Å². The highest BCUT2D eigenvalue weighted by molar-refractivity contribution is 5.19. The minimum Gasteiger partial charge on any atom is -0.381 e. The fourth-order valence-corrected chi connectivity index (χ4v) is 4.53. The maximum Gasteiger partial charge on any atom is 0.110 e. The molecule has 4 aliphatic rings. The summed E-state index contributed by atoms with van der Waals surface area (Å²) in [5.74, 6) is 1.43. The lowest BCUT2D eigenvalue weighted by Gasteiger charge is -2.22. The Kier molecular flexibility index (Phi) is 5.25. The Morgan fingerprint density at radius 3 is 2.52 bits per heavy atom. The molecule has 6 unspecified atom stereocenters. The third-order valence-electron chi connectivity index (χ3n) is 6.71. The third-order valence-corrected chi connectivity index (χ3v) is 6.71. The number of fused-ring (bicyclic) bond motifs is 2. The van der Waals surface area contributed by atoms with Crippen LogP contribution < -0.4 is 0 Å². The molecule has 0 radical (unpaired) electrons. The van der Waals surface area contributed by atoms with E-state index in [9.17, 15) is 0 Å². The average molecular weight is 350 g/mol. The first-order valence-electron chi connectivity index (χ1n) is 10.3. The lowest BCUT2D eigenvalue weighted by molar-refractivity contribution is 0.0712. The summed E-state index contributed by atoms with van der Waals surface area (Å²) >= 11 is 0. The van der Waals surface area contributed by atoms with Crippen LogP contribution in [-0.2, 0) is 18.9 Å². The highest BCUT2D eigenvalue weighted by Gasteiger charge is 2.55. The van der Waals surface area contributed by atoms with Crippen molar-refractivity contribution in [2.45, 2.75) is 82.2 Å². The van der Waals surface area contributed by atoms with E-state index in [0.717, 1.165) is 51.6 Å². The van der Waals surface area contributed by atoms with Gasteiger partial charge in [-0.05, 0) is 70.6 Å². The van der Waals surface area contributed by atoms with Crippen LogP contribution >= 0.6 is 0 Å². The van der Waals surface area contributed by atoms with E-state index in [1.807, 2.05) is 0 Å². The molecule has 3 fully saturated rings. The second-order valence-corrected chi connectivity index (χ2v) is 8.86. The molecule has 0 spiro atoms. The molecular weight excluding hydrogens is 316 g/mol. The van der Waals surface area contributed by atoms with Gasteiger partial charge in [-0.25, -0.2) is 0 Å². The van der Waals surface area contributed by atoms with Gasteiger partial charge in [0.05, 0.1) is 17.8 Å². The smallest absolute Gasteiger partial charge is 0.110 e. The maximum absolute atomic E-state index is 5.79. The summed E-state index contributed by atoms with van der Waals surface area (Å²) in [7, 11) is 0. The molecule has 6 atom stereocenters. The minimum absolute atomic E-state index is 0.0671. The number of rotatable bonds is 10. The topological polar surface area (TPSA) is 43.5 Å². The summed E-state index contributed by atoms with van der Waals surface area (Å²) < 4.78 is 23.0. The summed E-state index contributed by atoms with van der Waals surface area (Å²) in [4.78, 5) is 0. The van der Waals surface area contributed by atoms with E-state index >= 15 is 0 Å². The van der Waals surface area contributed by atoms with Gasteiger partial charge in [0, 0.05) is 26.4 Å². The van der Waals surface area contributed by atoms with Crippen LogP contribution in [0.25, 0.3) is 0 Å². The molecule has 0 aromatic heterocycles. The van der Waals surface area contributed by atoms with Gasteiger partial charge < -0.3 is 18.9 Å². The van der Waals surface area contributed by atoms with E-state index in [-0.39, 0.29) is 11.2 Å². The largest absolute Gasteiger partial charge is 0.381 e. The first kappa shape index (κ1) is 18.0. The van der Waals surface area contributed by atoms with E-state index in [4.69, 9.17) is 18.9 Å². The molecule has 0 aromatic carbocycles. The van der Waals surface area contributed by atoms with Crippen molar-refractivity contribution >= 4 is 0 Å². The number of ether oxygens (including phenoxy) is 4. The molecule has 2 saturated heterocycles. The van der Waals surface area contributed by atoms with E-state index in [1.165, 1.54) is 25.7 Å². The van der Waals surface area contributed by atoms with Crippen LogP contribution in [0.15, 0.2) is 12.2 Å². The molecule has 0 bridgehead atoms. The summed E-state index contributed by atoms with van der Waals surface area (Å²) in [6.07, 6.45) is 13.8. The van der Waals surface area contributed by atoms with Gasteiger partial charge in [-0.1, -0.05) is 12.2 Å². The van der Waals surface area contributed by atoms with Gasteiger partial charge in [0.2, 0.25) is 0 Å². The Morgan fingerprint density at radius 2 is 1.76 bits per heavy atom. The van der Waals surface area contributed by atoms with Crippen LogP contribution in [0, 0.1) is 11.8 Å². The van der Waals surface area contributed by atoms with Crippen molar-refractivity contribution in [3.63, 3.8) is 0 Å². The second-order valence-electron chi connectivity index (χ2n) is 8.86. The van der Waals surface area contributed by atoms with Crippen molar-refractivity contribution in [3.05, 3.63) is 12.2 Å².